The number of aromatic nitrogens is 1. The van der Waals surface area contributed by atoms with Crippen molar-refractivity contribution >= 4 is 27.7 Å². The lowest BCUT2D eigenvalue weighted by molar-refractivity contribution is -0.135. The first-order valence-corrected chi connectivity index (χ1v) is 11.9. The Kier molecular flexibility index (Phi) is 6.41. The van der Waals surface area contributed by atoms with E-state index in [1.807, 2.05) is 29.2 Å². The Bertz CT molecular complexity index is 1290. The van der Waals surface area contributed by atoms with Gasteiger partial charge < -0.3 is 18.9 Å². The third-order valence-electron chi connectivity index (χ3n) is 6.71. The monoisotopic (exact) mass is 457 g/mol. The van der Waals surface area contributed by atoms with Gasteiger partial charge >= 0.3 is 0 Å². The zero-order valence-corrected chi connectivity index (χ0v) is 19.9. The second-order valence-electron chi connectivity index (χ2n) is 8.73. The van der Waals surface area contributed by atoms with E-state index in [1.165, 1.54) is 27.4 Å². The molecule has 2 heterocycles. The van der Waals surface area contributed by atoms with Gasteiger partial charge in [0.05, 0.1) is 7.11 Å². The molecule has 34 heavy (non-hydrogen) atoms. The van der Waals surface area contributed by atoms with Gasteiger partial charge in [0.2, 0.25) is 0 Å². The molecular formula is C28H31N3O3. The minimum absolute atomic E-state index is 0.0317. The smallest absolute Gasteiger partial charge is 0.260 e. The fraction of sp³-hybridized carbons (Fsp3) is 0.321. The lowest BCUT2D eigenvalue weighted by atomic mass is 10.1. The highest BCUT2D eigenvalue weighted by atomic mass is 16.5. The molecule has 1 amide bonds. The summed E-state index contributed by atoms with van der Waals surface area (Å²) in [4.78, 5) is 16.9. The van der Waals surface area contributed by atoms with Crippen LogP contribution in [0, 0.1) is 0 Å². The number of hydrogen-bond donors (Lipinski definition) is 0. The van der Waals surface area contributed by atoms with Crippen molar-refractivity contribution < 1.29 is 14.3 Å². The van der Waals surface area contributed by atoms with Crippen LogP contribution in [-0.2, 0) is 17.9 Å². The molecule has 0 radical (unpaired) electrons. The minimum Gasteiger partial charge on any atom is -0.497 e. The second-order valence-corrected chi connectivity index (χ2v) is 8.73. The summed E-state index contributed by atoms with van der Waals surface area (Å²) in [7, 11) is 1.63. The van der Waals surface area contributed by atoms with Crippen LogP contribution >= 0.6 is 0 Å². The van der Waals surface area contributed by atoms with Crippen LogP contribution in [0.15, 0.2) is 66.7 Å². The summed E-state index contributed by atoms with van der Waals surface area (Å²) in [5.74, 6) is 1.47. The normalized spacial score (nSPS) is 14.6. The number of benzene rings is 3. The molecule has 5 rings (SSSR count). The van der Waals surface area contributed by atoms with Gasteiger partial charge in [0.15, 0.2) is 6.61 Å². The number of ether oxygens (including phenoxy) is 2. The van der Waals surface area contributed by atoms with Crippen LogP contribution in [-0.4, -0.2) is 60.2 Å². The van der Waals surface area contributed by atoms with E-state index < -0.39 is 0 Å². The molecule has 0 bridgehead atoms. The number of hydrogen-bond acceptors (Lipinski definition) is 4. The van der Waals surface area contributed by atoms with Gasteiger partial charge in [-0.05, 0) is 55.0 Å². The topological polar surface area (TPSA) is 46.9 Å². The van der Waals surface area contributed by atoms with E-state index in [9.17, 15) is 4.79 Å². The van der Waals surface area contributed by atoms with E-state index >= 15 is 0 Å². The number of para-hydroxylation sites is 1. The quantitative estimate of drug-likeness (QED) is 0.409. The van der Waals surface area contributed by atoms with Gasteiger partial charge in [-0.3, -0.25) is 9.69 Å². The Morgan fingerprint density at radius 2 is 1.56 bits per heavy atom. The summed E-state index contributed by atoms with van der Waals surface area (Å²) in [5, 5.41) is 2.63. The Morgan fingerprint density at radius 3 is 2.29 bits per heavy atom. The third kappa shape index (κ3) is 4.46. The number of carbonyl (C=O) groups excluding carboxylic acids is 1. The maximum absolute atomic E-state index is 12.6. The van der Waals surface area contributed by atoms with Crippen LogP contribution in [0.4, 0.5) is 0 Å². The summed E-state index contributed by atoms with van der Waals surface area (Å²) in [6.45, 7) is 7.29. The summed E-state index contributed by atoms with van der Waals surface area (Å²) < 4.78 is 13.2. The van der Waals surface area contributed by atoms with E-state index in [0.29, 0.717) is 5.75 Å². The fourth-order valence-electron chi connectivity index (χ4n) is 4.86. The maximum atomic E-state index is 12.6. The average Bonchev–Trinajstić information content (AvgIpc) is 3.21. The lowest BCUT2D eigenvalue weighted by Gasteiger charge is -2.34. The molecule has 1 aliphatic heterocycles. The number of nitrogens with zero attached hydrogens (tertiary/aromatic N) is 3. The summed E-state index contributed by atoms with van der Waals surface area (Å²) >= 11 is 0. The Balaban J connectivity index is 1.18. The highest BCUT2D eigenvalue weighted by Crippen LogP contribution is 2.30. The van der Waals surface area contributed by atoms with Gasteiger partial charge in [0.25, 0.3) is 5.91 Å². The zero-order chi connectivity index (χ0) is 23.5. The van der Waals surface area contributed by atoms with Crippen molar-refractivity contribution in [3.8, 4) is 11.5 Å². The summed E-state index contributed by atoms with van der Waals surface area (Å²) in [5.41, 5.74) is 3.90. The molecule has 0 unspecified atom stereocenters. The largest absolute Gasteiger partial charge is 0.497 e. The number of amides is 1. The maximum Gasteiger partial charge on any atom is 0.260 e. The first-order chi connectivity index (χ1) is 16.7. The number of fused-ring (bicyclic) bond motifs is 3. The van der Waals surface area contributed by atoms with Gasteiger partial charge in [-0.1, -0.05) is 24.3 Å². The van der Waals surface area contributed by atoms with Crippen molar-refractivity contribution in [2.75, 3.05) is 39.9 Å². The molecule has 6 nitrogen and oxygen atoms in total. The highest BCUT2D eigenvalue weighted by Gasteiger charge is 2.22. The Morgan fingerprint density at radius 1 is 0.853 bits per heavy atom. The fourth-order valence-corrected chi connectivity index (χ4v) is 4.86. The lowest BCUT2D eigenvalue weighted by Crippen LogP contribution is -2.49. The van der Waals surface area contributed by atoms with Crippen LogP contribution in [0.2, 0.25) is 0 Å². The predicted molar refractivity (Wildman–Crippen MR) is 135 cm³/mol. The van der Waals surface area contributed by atoms with Crippen LogP contribution in [0.3, 0.4) is 0 Å². The van der Waals surface area contributed by atoms with Crippen molar-refractivity contribution in [2.24, 2.45) is 0 Å². The average molecular weight is 458 g/mol. The number of piperazine rings is 1. The molecule has 6 heteroatoms. The number of rotatable bonds is 7. The molecule has 3 aromatic carbocycles. The number of methoxy groups -OCH3 is 1. The van der Waals surface area contributed by atoms with Gasteiger partial charge in [-0.15, -0.1) is 0 Å². The summed E-state index contributed by atoms with van der Waals surface area (Å²) in [6, 6.07) is 22.8. The van der Waals surface area contributed by atoms with E-state index in [0.717, 1.165) is 45.0 Å². The van der Waals surface area contributed by atoms with Crippen LogP contribution in [0.5, 0.6) is 11.5 Å². The molecule has 176 valence electrons. The summed E-state index contributed by atoms with van der Waals surface area (Å²) in [6.07, 6.45) is 0. The van der Waals surface area contributed by atoms with Crippen molar-refractivity contribution in [3.63, 3.8) is 0 Å². The highest BCUT2D eigenvalue weighted by molar-refractivity contribution is 6.08. The SMILES string of the molecule is CCn1c2ccccc2c2cc(CN3CCN(C(=O)COc4ccc(OC)cc4)CC3)ccc21. The standard InChI is InChI=1S/C28H31N3O3/c1-3-31-26-7-5-4-6-24(26)25-18-21(8-13-27(25)31)19-29-14-16-30(17-15-29)28(32)20-34-23-11-9-22(33-2)10-12-23/h4-13,18H,3,14-17,19-20H2,1-2H3. The molecule has 1 aliphatic rings. The molecule has 1 saturated heterocycles. The molecule has 0 aliphatic carbocycles. The second kappa shape index (κ2) is 9.77. The van der Waals surface area contributed by atoms with E-state index in [4.69, 9.17) is 9.47 Å². The van der Waals surface area contributed by atoms with E-state index in [2.05, 4.69) is 58.9 Å². The molecule has 1 aromatic heterocycles. The molecule has 0 N–H and O–H groups in total. The minimum atomic E-state index is 0.0317. The van der Waals surface area contributed by atoms with Crippen LogP contribution in [0.1, 0.15) is 12.5 Å². The zero-order valence-electron chi connectivity index (χ0n) is 19.9. The van der Waals surface area contributed by atoms with Gasteiger partial charge in [0.1, 0.15) is 11.5 Å². The molecule has 1 fully saturated rings. The predicted octanol–water partition coefficient (Wildman–Crippen LogP) is 4.55. The van der Waals surface area contributed by atoms with E-state index in [-0.39, 0.29) is 12.5 Å². The van der Waals surface area contributed by atoms with Crippen molar-refractivity contribution in [3.05, 3.63) is 72.3 Å². The molecule has 0 spiro atoms. The number of carbonyl (C=O) groups is 1. The molecule has 4 aromatic rings. The molecular weight excluding hydrogens is 426 g/mol. The van der Waals surface area contributed by atoms with Gasteiger partial charge in [-0.2, -0.15) is 0 Å². The van der Waals surface area contributed by atoms with Crippen molar-refractivity contribution in [1.29, 1.82) is 0 Å². The van der Waals surface area contributed by atoms with Crippen molar-refractivity contribution in [2.45, 2.75) is 20.0 Å². The third-order valence-corrected chi connectivity index (χ3v) is 6.71. The van der Waals surface area contributed by atoms with E-state index in [1.54, 1.807) is 7.11 Å². The molecule has 0 atom stereocenters. The molecule has 0 saturated carbocycles. The number of aryl methyl sites for hydroxylation is 1. The Labute approximate surface area is 200 Å². The van der Waals surface area contributed by atoms with Gasteiger partial charge in [-0.25, -0.2) is 0 Å². The van der Waals surface area contributed by atoms with Crippen LogP contribution in [0.25, 0.3) is 21.8 Å². The Hall–Kier alpha value is -3.51. The van der Waals surface area contributed by atoms with Crippen molar-refractivity contribution in [1.82, 2.24) is 14.4 Å². The first kappa shape index (κ1) is 22.3. The van der Waals surface area contributed by atoms with Crippen LogP contribution < -0.4 is 9.47 Å². The first-order valence-electron chi connectivity index (χ1n) is 11.9. The van der Waals surface area contributed by atoms with Gasteiger partial charge in [0, 0.05) is 61.1 Å².